The number of barbiturate groups is 1. The number of hydrogen-bond donors (Lipinski definition) is 1. The van der Waals surface area contributed by atoms with E-state index in [0.717, 1.165) is 4.90 Å². The molecular formula is C25H17BrClFN2O4. The first-order valence-corrected chi connectivity index (χ1v) is 11.2. The second-order valence-electron chi connectivity index (χ2n) is 7.49. The number of nitrogens with one attached hydrogen (secondary N) is 1. The van der Waals surface area contributed by atoms with Gasteiger partial charge in [-0.1, -0.05) is 45.7 Å². The van der Waals surface area contributed by atoms with E-state index in [1.807, 2.05) is 0 Å². The van der Waals surface area contributed by atoms with Gasteiger partial charge in [-0.3, -0.25) is 14.9 Å². The molecule has 0 aliphatic carbocycles. The quantitative estimate of drug-likeness (QED) is 0.326. The molecule has 4 rings (SSSR count). The van der Waals surface area contributed by atoms with E-state index in [1.165, 1.54) is 24.3 Å². The van der Waals surface area contributed by atoms with Crippen LogP contribution in [0.5, 0.6) is 5.75 Å². The zero-order valence-corrected chi connectivity index (χ0v) is 20.1. The van der Waals surface area contributed by atoms with Gasteiger partial charge in [0.1, 0.15) is 23.7 Å². The molecule has 1 aliphatic heterocycles. The maximum Gasteiger partial charge on any atom is 0.335 e. The fourth-order valence-electron chi connectivity index (χ4n) is 3.41. The van der Waals surface area contributed by atoms with Crippen LogP contribution in [0.15, 0.2) is 70.7 Å². The highest BCUT2D eigenvalue weighted by Gasteiger charge is 2.37. The van der Waals surface area contributed by atoms with Crippen molar-refractivity contribution in [1.82, 2.24) is 5.32 Å². The zero-order chi connectivity index (χ0) is 24.4. The van der Waals surface area contributed by atoms with Gasteiger partial charge in [-0.15, -0.1) is 0 Å². The number of hydrogen-bond acceptors (Lipinski definition) is 4. The summed E-state index contributed by atoms with van der Waals surface area (Å²) >= 11 is 9.44. The van der Waals surface area contributed by atoms with Gasteiger partial charge in [0.15, 0.2) is 0 Å². The van der Waals surface area contributed by atoms with E-state index in [-0.39, 0.29) is 23.7 Å². The Balaban J connectivity index is 1.70. The average molecular weight is 544 g/mol. The SMILES string of the molecule is Cc1ccc(Cl)cc1N1C(=O)NC(=O)/C(=C\c2cc(Br)ccc2OCc2cccc(F)c2)C1=O. The second-order valence-corrected chi connectivity index (χ2v) is 8.84. The smallest absolute Gasteiger partial charge is 0.335 e. The van der Waals surface area contributed by atoms with E-state index < -0.39 is 17.8 Å². The van der Waals surface area contributed by atoms with Gasteiger partial charge < -0.3 is 4.74 Å². The van der Waals surface area contributed by atoms with E-state index in [0.29, 0.717) is 31.9 Å². The number of rotatable bonds is 5. The molecular weight excluding hydrogens is 527 g/mol. The van der Waals surface area contributed by atoms with Crippen molar-refractivity contribution in [3.63, 3.8) is 0 Å². The Kier molecular flexibility index (Phi) is 6.81. The number of nitrogens with zero attached hydrogens (tertiary/aromatic N) is 1. The predicted octanol–water partition coefficient (Wildman–Crippen LogP) is 5.80. The minimum atomic E-state index is -0.866. The van der Waals surface area contributed by atoms with E-state index in [2.05, 4.69) is 21.2 Å². The highest BCUT2D eigenvalue weighted by atomic mass is 79.9. The third-order valence-electron chi connectivity index (χ3n) is 5.07. The van der Waals surface area contributed by atoms with Gasteiger partial charge in [0, 0.05) is 15.1 Å². The third kappa shape index (κ3) is 5.03. The first kappa shape index (κ1) is 23.7. The molecule has 1 N–H and O–H groups in total. The van der Waals surface area contributed by atoms with Gasteiger partial charge in [-0.05, 0) is 66.6 Å². The lowest BCUT2D eigenvalue weighted by molar-refractivity contribution is -0.122. The van der Waals surface area contributed by atoms with E-state index in [9.17, 15) is 18.8 Å². The van der Waals surface area contributed by atoms with Gasteiger partial charge in [-0.2, -0.15) is 0 Å². The molecule has 3 aromatic rings. The largest absolute Gasteiger partial charge is 0.488 e. The Morgan fingerprint density at radius 2 is 1.88 bits per heavy atom. The van der Waals surface area contributed by atoms with Crippen molar-refractivity contribution in [2.45, 2.75) is 13.5 Å². The Morgan fingerprint density at radius 1 is 1.09 bits per heavy atom. The molecule has 1 saturated heterocycles. The third-order valence-corrected chi connectivity index (χ3v) is 5.80. The Hall–Kier alpha value is -3.49. The van der Waals surface area contributed by atoms with Crippen LogP contribution >= 0.6 is 27.5 Å². The molecule has 4 amide bonds. The topological polar surface area (TPSA) is 75.7 Å². The first-order chi connectivity index (χ1) is 16.2. The summed E-state index contributed by atoms with van der Waals surface area (Å²) in [7, 11) is 0. The highest BCUT2D eigenvalue weighted by molar-refractivity contribution is 9.10. The molecule has 3 aromatic carbocycles. The molecule has 0 atom stereocenters. The number of amides is 4. The van der Waals surface area contributed by atoms with Crippen LogP contribution in [0.25, 0.3) is 6.08 Å². The Labute approximate surface area is 208 Å². The summed E-state index contributed by atoms with van der Waals surface area (Å²) in [4.78, 5) is 39.3. The van der Waals surface area contributed by atoms with Crippen molar-refractivity contribution in [3.05, 3.63) is 98.2 Å². The number of anilines is 1. The lowest BCUT2D eigenvalue weighted by atomic mass is 10.0. The summed E-state index contributed by atoms with van der Waals surface area (Å²) in [5, 5.41) is 2.53. The van der Waals surface area contributed by atoms with E-state index in [1.54, 1.807) is 49.4 Å². The first-order valence-electron chi connectivity index (χ1n) is 10.1. The minimum absolute atomic E-state index is 0.0715. The van der Waals surface area contributed by atoms with Crippen molar-refractivity contribution in [1.29, 1.82) is 0 Å². The Morgan fingerprint density at radius 3 is 2.65 bits per heavy atom. The molecule has 6 nitrogen and oxygen atoms in total. The predicted molar refractivity (Wildman–Crippen MR) is 130 cm³/mol. The van der Waals surface area contributed by atoms with Crippen LogP contribution in [-0.2, 0) is 16.2 Å². The molecule has 1 aliphatic rings. The van der Waals surface area contributed by atoms with Crippen molar-refractivity contribution in [2.24, 2.45) is 0 Å². The van der Waals surface area contributed by atoms with Gasteiger partial charge >= 0.3 is 6.03 Å². The summed E-state index contributed by atoms with van der Waals surface area (Å²) < 4.78 is 20.0. The zero-order valence-electron chi connectivity index (χ0n) is 17.8. The molecule has 0 aromatic heterocycles. The molecule has 0 saturated carbocycles. The average Bonchev–Trinajstić information content (AvgIpc) is 2.78. The summed E-state index contributed by atoms with van der Waals surface area (Å²) in [6.07, 6.45) is 1.35. The van der Waals surface area contributed by atoms with Crippen LogP contribution < -0.4 is 15.0 Å². The van der Waals surface area contributed by atoms with Crippen molar-refractivity contribution < 1.29 is 23.5 Å². The molecule has 1 fully saturated rings. The van der Waals surface area contributed by atoms with Crippen LogP contribution in [0.1, 0.15) is 16.7 Å². The van der Waals surface area contributed by atoms with Crippen LogP contribution in [0.3, 0.4) is 0 Å². The van der Waals surface area contributed by atoms with Gasteiger partial charge in [0.05, 0.1) is 5.69 Å². The number of halogens is 3. The standard InChI is InChI=1S/C25H17BrClFN2O4/c1-14-5-7-18(27)12-21(14)30-24(32)20(23(31)29-25(30)33)11-16-10-17(26)6-8-22(16)34-13-15-3-2-4-19(28)9-15/h2-12H,13H2,1H3,(H,29,31,33)/b20-11+. The lowest BCUT2D eigenvalue weighted by Gasteiger charge is -2.27. The molecule has 9 heteroatoms. The molecule has 0 bridgehead atoms. The molecule has 0 spiro atoms. The van der Waals surface area contributed by atoms with E-state index >= 15 is 0 Å². The summed E-state index contributed by atoms with van der Waals surface area (Å²) in [5.41, 5.74) is 1.67. The van der Waals surface area contributed by atoms with Crippen LogP contribution in [0, 0.1) is 12.7 Å². The lowest BCUT2D eigenvalue weighted by Crippen LogP contribution is -2.54. The minimum Gasteiger partial charge on any atom is -0.488 e. The summed E-state index contributed by atoms with van der Waals surface area (Å²) in [6.45, 7) is 1.79. The maximum absolute atomic E-state index is 13.5. The molecule has 172 valence electrons. The van der Waals surface area contributed by atoms with E-state index in [4.69, 9.17) is 16.3 Å². The highest BCUT2D eigenvalue weighted by Crippen LogP contribution is 2.30. The fourth-order valence-corrected chi connectivity index (χ4v) is 3.95. The van der Waals surface area contributed by atoms with Gasteiger partial charge in [0.2, 0.25) is 0 Å². The number of imide groups is 2. The molecule has 1 heterocycles. The number of ether oxygens (including phenoxy) is 1. The number of aryl methyl sites for hydroxylation is 1. The molecule has 0 radical (unpaired) electrons. The monoisotopic (exact) mass is 542 g/mol. The van der Waals surface area contributed by atoms with Crippen molar-refractivity contribution >= 4 is 57.1 Å². The van der Waals surface area contributed by atoms with Crippen LogP contribution in [0.4, 0.5) is 14.9 Å². The van der Waals surface area contributed by atoms with Crippen LogP contribution in [0.2, 0.25) is 5.02 Å². The normalized spacial score (nSPS) is 15.0. The van der Waals surface area contributed by atoms with Crippen molar-refractivity contribution in [3.8, 4) is 5.75 Å². The molecule has 0 unspecified atom stereocenters. The van der Waals surface area contributed by atoms with Crippen LogP contribution in [-0.4, -0.2) is 17.8 Å². The number of benzene rings is 3. The number of urea groups is 1. The van der Waals surface area contributed by atoms with Crippen molar-refractivity contribution in [2.75, 3.05) is 4.90 Å². The second kappa shape index (κ2) is 9.79. The number of carbonyl (C=O) groups is 3. The number of carbonyl (C=O) groups excluding carboxylic acids is 3. The van der Waals surface area contributed by atoms with Gasteiger partial charge in [0.25, 0.3) is 11.8 Å². The maximum atomic E-state index is 13.5. The molecule has 34 heavy (non-hydrogen) atoms. The Bertz CT molecular complexity index is 1360. The van der Waals surface area contributed by atoms with Gasteiger partial charge in [-0.25, -0.2) is 14.1 Å². The summed E-state index contributed by atoms with van der Waals surface area (Å²) in [6, 6.07) is 15.0. The summed E-state index contributed by atoms with van der Waals surface area (Å²) in [5.74, 6) is -1.65. The fraction of sp³-hybridized carbons (Fsp3) is 0.0800.